The van der Waals surface area contributed by atoms with Crippen molar-refractivity contribution in [1.29, 1.82) is 0 Å². The van der Waals surface area contributed by atoms with Crippen LogP contribution in [0.25, 0.3) is 0 Å². The van der Waals surface area contributed by atoms with E-state index >= 15 is 0 Å². The third-order valence-electron chi connectivity index (χ3n) is 2.38. The number of halogens is 2. The summed E-state index contributed by atoms with van der Waals surface area (Å²) in [6.07, 6.45) is 5.34. The predicted octanol–water partition coefficient (Wildman–Crippen LogP) is 4.61. The predicted molar refractivity (Wildman–Crippen MR) is 64.4 cm³/mol. The first-order valence-electron chi connectivity index (χ1n) is 4.92. The molecule has 0 spiro atoms. The Morgan fingerprint density at radius 1 is 0.833 bits per heavy atom. The van der Waals surface area contributed by atoms with E-state index in [2.05, 4.69) is 45.7 Å². The van der Waals surface area contributed by atoms with Crippen LogP contribution in [0.4, 0.5) is 0 Å². The van der Waals surface area contributed by atoms with Gasteiger partial charge in [-0.3, -0.25) is 0 Å². The van der Waals surface area contributed by atoms with Gasteiger partial charge in [-0.05, 0) is 24.7 Å². The molecule has 0 radical (unpaired) electrons. The summed E-state index contributed by atoms with van der Waals surface area (Å²) < 4.78 is 0. The fourth-order valence-corrected chi connectivity index (χ4v) is 3.32. The molecule has 0 bridgehead atoms. The van der Waals surface area contributed by atoms with Crippen molar-refractivity contribution >= 4 is 31.9 Å². The Bertz CT molecular complexity index is 81.8. The van der Waals surface area contributed by atoms with Gasteiger partial charge in [0.2, 0.25) is 0 Å². The summed E-state index contributed by atoms with van der Waals surface area (Å²) in [6.45, 7) is 4.54. The topological polar surface area (TPSA) is 0 Å². The van der Waals surface area contributed by atoms with Crippen LogP contribution in [0.1, 0.15) is 39.5 Å². The molecule has 0 heterocycles. The lowest BCUT2D eigenvalue weighted by molar-refractivity contribution is 0.354. The summed E-state index contributed by atoms with van der Waals surface area (Å²) in [4.78, 5) is 0. The van der Waals surface area contributed by atoms with Gasteiger partial charge >= 0.3 is 0 Å². The highest BCUT2D eigenvalue weighted by atomic mass is 79.9. The summed E-state index contributed by atoms with van der Waals surface area (Å²) in [6, 6.07) is 0. The molecule has 0 saturated heterocycles. The Hall–Kier alpha value is 0.960. The maximum Gasteiger partial charge on any atom is 0.00626 e. The van der Waals surface area contributed by atoms with Crippen molar-refractivity contribution in [1.82, 2.24) is 0 Å². The summed E-state index contributed by atoms with van der Waals surface area (Å²) in [5.41, 5.74) is 0. The first-order valence-corrected chi connectivity index (χ1v) is 7.16. The summed E-state index contributed by atoms with van der Waals surface area (Å²) in [7, 11) is 0. The fraction of sp³-hybridized carbons (Fsp3) is 1.00. The van der Waals surface area contributed by atoms with Crippen LogP contribution in [0.2, 0.25) is 0 Å². The van der Waals surface area contributed by atoms with Crippen molar-refractivity contribution in [2.45, 2.75) is 39.5 Å². The summed E-state index contributed by atoms with van der Waals surface area (Å²) in [5.74, 6) is 1.74. The van der Waals surface area contributed by atoms with Crippen LogP contribution < -0.4 is 0 Å². The van der Waals surface area contributed by atoms with Gasteiger partial charge in [0.05, 0.1) is 0 Å². The molecule has 0 aliphatic carbocycles. The number of rotatable bonds is 7. The van der Waals surface area contributed by atoms with Crippen LogP contribution in [-0.4, -0.2) is 10.7 Å². The third kappa shape index (κ3) is 4.86. The van der Waals surface area contributed by atoms with Gasteiger partial charge in [0, 0.05) is 10.7 Å². The molecule has 0 saturated carbocycles. The largest absolute Gasteiger partial charge is 0.0925 e. The zero-order valence-corrected chi connectivity index (χ0v) is 11.3. The van der Waals surface area contributed by atoms with Crippen molar-refractivity contribution in [3.05, 3.63) is 0 Å². The molecule has 0 N–H and O–H groups in total. The standard InChI is InChI=1S/C10H20Br2/c1-3-5-9(7-11)10(8-12)6-4-2/h9-10H,3-8H2,1-2H3. The molecule has 0 fully saturated rings. The minimum Gasteiger partial charge on any atom is -0.0925 e. The maximum absolute atomic E-state index is 3.61. The van der Waals surface area contributed by atoms with Crippen molar-refractivity contribution in [3.63, 3.8) is 0 Å². The van der Waals surface area contributed by atoms with E-state index in [1.807, 2.05) is 0 Å². The number of hydrogen-bond donors (Lipinski definition) is 0. The average Bonchev–Trinajstić information content (AvgIpc) is 2.11. The van der Waals surface area contributed by atoms with E-state index in [9.17, 15) is 0 Å². The molecule has 0 aromatic heterocycles. The Morgan fingerprint density at radius 2 is 1.17 bits per heavy atom. The van der Waals surface area contributed by atoms with Gasteiger partial charge in [-0.2, -0.15) is 0 Å². The van der Waals surface area contributed by atoms with Crippen molar-refractivity contribution in [2.75, 3.05) is 10.7 Å². The Kier molecular flexibility index (Phi) is 9.24. The van der Waals surface area contributed by atoms with Crippen LogP contribution in [0.5, 0.6) is 0 Å². The van der Waals surface area contributed by atoms with Crippen LogP contribution in [0.15, 0.2) is 0 Å². The van der Waals surface area contributed by atoms with Gasteiger partial charge in [0.25, 0.3) is 0 Å². The zero-order chi connectivity index (χ0) is 9.40. The van der Waals surface area contributed by atoms with Crippen LogP contribution in [-0.2, 0) is 0 Å². The summed E-state index contributed by atoms with van der Waals surface area (Å²) >= 11 is 7.21. The van der Waals surface area contributed by atoms with E-state index in [1.54, 1.807) is 0 Å². The van der Waals surface area contributed by atoms with E-state index in [-0.39, 0.29) is 0 Å². The molecule has 0 aliphatic rings. The van der Waals surface area contributed by atoms with E-state index in [0.717, 1.165) is 22.5 Å². The molecule has 2 unspecified atom stereocenters. The zero-order valence-electron chi connectivity index (χ0n) is 8.15. The lowest BCUT2D eigenvalue weighted by atomic mass is 9.88. The second-order valence-electron chi connectivity index (χ2n) is 3.41. The van der Waals surface area contributed by atoms with Crippen molar-refractivity contribution in [3.8, 4) is 0 Å². The SMILES string of the molecule is CCCC(CBr)C(CBr)CCC. The van der Waals surface area contributed by atoms with Gasteiger partial charge in [-0.25, -0.2) is 0 Å². The molecule has 0 aromatic rings. The lowest BCUT2D eigenvalue weighted by Crippen LogP contribution is -2.17. The number of alkyl halides is 2. The highest BCUT2D eigenvalue weighted by Crippen LogP contribution is 2.25. The molecule has 12 heavy (non-hydrogen) atoms. The van der Waals surface area contributed by atoms with E-state index in [0.29, 0.717) is 0 Å². The molecule has 0 aromatic carbocycles. The Labute approximate surface area is 93.8 Å². The van der Waals surface area contributed by atoms with Crippen molar-refractivity contribution in [2.24, 2.45) is 11.8 Å². The molecule has 0 nitrogen and oxygen atoms in total. The lowest BCUT2D eigenvalue weighted by Gasteiger charge is -2.22. The monoisotopic (exact) mass is 298 g/mol. The minimum atomic E-state index is 0.870. The van der Waals surface area contributed by atoms with Gasteiger partial charge in [0.1, 0.15) is 0 Å². The van der Waals surface area contributed by atoms with Gasteiger partial charge in [-0.15, -0.1) is 0 Å². The maximum atomic E-state index is 3.61. The van der Waals surface area contributed by atoms with Crippen molar-refractivity contribution < 1.29 is 0 Å². The third-order valence-corrected chi connectivity index (χ3v) is 4.05. The minimum absolute atomic E-state index is 0.870. The smallest absolute Gasteiger partial charge is 0.00626 e. The van der Waals surface area contributed by atoms with E-state index < -0.39 is 0 Å². The molecule has 74 valence electrons. The average molecular weight is 300 g/mol. The summed E-state index contributed by atoms with van der Waals surface area (Å²) in [5, 5.41) is 2.33. The van der Waals surface area contributed by atoms with Crippen LogP contribution in [0.3, 0.4) is 0 Å². The first kappa shape index (κ1) is 13.0. The molecule has 0 amide bonds. The molecule has 0 aliphatic heterocycles. The molecule has 0 rings (SSSR count). The van der Waals surface area contributed by atoms with Gasteiger partial charge in [0.15, 0.2) is 0 Å². The van der Waals surface area contributed by atoms with Gasteiger partial charge in [-0.1, -0.05) is 58.5 Å². The fourth-order valence-electron chi connectivity index (χ4n) is 1.62. The Balaban J connectivity index is 3.84. The second kappa shape index (κ2) is 8.55. The number of hydrogen-bond acceptors (Lipinski definition) is 0. The first-order chi connectivity index (χ1) is 5.79. The quantitative estimate of drug-likeness (QED) is 0.602. The van der Waals surface area contributed by atoms with Crippen LogP contribution in [0, 0.1) is 11.8 Å². The van der Waals surface area contributed by atoms with E-state index in [4.69, 9.17) is 0 Å². The highest BCUT2D eigenvalue weighted by Gasteiger charge is 2.17. The molecular weight excluding hydrogens is 280 g/mol. The second-order valence-corrected chi connectivity index (χ2v) is 4.70. The highest BCUT2D eigenvalue weighted by molar-refractivity contribution is 9.09. The normalized spacial score (nSPS) is 16.0. The van der Waals surface area contributed by atoms with E-state index in [1.165, 1.54) is 25.7 Å². The molecule has 2 heteroatoms. The van der Waals surface area contributed by atoms with Gasteiger partial charge < -0.3 is 0 Å². The van der Waals surface area contributed by atoms with Crippen LogP contribution >= 0.6 is 31.9 Å². The molecular formula is C10H20Br2. The Morgan fingerprint density at radius 3 is 1.33 bits per heavy atom. The molecule has 2 atom stereocenters.